The van der Waals surface area contributed by atoms with E-state index in [1.165, 1.54) is 0 Å². The number of hydrogen-bond donors (Lipinski definition) is 1. The molecule has 1 N–H and O–H groups in total. The van der Waals surface area contributed by atoms with Crippen molar-refractivity contribution in [3.63, 3.8) is 0 Å². The minimum absolute atomic E-state index is 0. The molecule has 8 heteroatoms. The molecule has 1 amide bonds. The molecule has 1 rings (SSSR count). The smallest absolute Gasteiger partial charge is 0.550 e. The molecule has 0 saturated heterocycles. The van der Waals surface area contributed by atoms with Gasteiger partial charge in [0.15, 0.2) is 0 Å². The van der Waals surface area contributed by atoms with Crippen LogP contribution in [0.3, 0.4) is 0 Å². The average Bonchev–Trinajstić information content (AvgIpc) is 2.35. The Morgan fingerprint density at radius 2 is 1.62 bits per heavy atom. The van der Waals surface area contributed by atoms with Crippen molar-refractivity contribution < 1.29 is 83.7 Å². The first-order chi connectivity index (χ1) is 8.99. The Balaban J connectivity index is 0. The number of benzene rings is 1. The zero-order valence-electron chi connectivity index (χ0n) is 12.1. The molecule has 0 fully saturated rings. The Hall–Kier alpha value is -0.370. The van der Waals surface area contributed by atoms with Crippen LogP contribution in [-0.2, 0) is 20.8 Å². The number of amides is 1. The second kappa shape index (κ2) is 12.2. The summed E-state index contributed by atoms with van der Waals surface area (Å²) >= 11 is 0. The maximum atomic E-state index is 11.6. The second-order valence-electron chi connectivity index (χ2n) is 4.01. The zero-order chi connectivity index (χ0) is 14.3. The summed E-state index contributed by atoms with van der Waals surface area (Å²) in [4.78, 5) is 32.6. The van der Waals surface area contributed by atoms with E-state index in [2.05, 4.69) is 5.32 Å². The number of hydrogen-bond acceptors (Lipinski definition) is 5. The maximum absolute atomic E-state index is 11.6. The molecule has 0 aliphatic heterocycles. The molecule has 21 heavy (non-hydrogen) atoms. The van der Waals surface area contributed by atoms with Crippen molar-refractivity contribution in [1.29, 1.82) is 0 Å². The average molecular weight is 309 g/mol. The largest absolute Gasteiger partial charge is 1.00 e. The van der Waals surface area contributed by atoms with Gasteiger partial charge < -0.3 is 25.1 Å². The Bertz CT molecular complexity index is 467. The van der Waals surface area contributed by atoms with Gasteiger partial charge in [-0.3, -0.25) is 4.79 Å². The SMILES string of the molecule is O=C([O-])CCC(NC(=O)Cc1ccccc1)C(=O)[O-].[Na+].[Na+]. The Kier molecular flexibility index (Phi) is 13.3. The molecule has 1 aromatic rings. The first-order valence-corrected chi connectivity index (χ1v) is 5.73. The fourth-order valence-corrected chi connectivity index (χ4v) is 1.54. The van der Waals surface area contributed by atoms with E-state index in [4.69, 9.17) is 0 Å². The molecule has 0 heterocycles. The molecular weight excluding hydrogens is 296 g/mol. The van der Waals surface area contributed by atoms with Crippen LogP contribution < -0.4 is 74.6 Å². The summed E-state index contributed by atoms with van der Waals surface area (Å²) in [5.41, 5.74) is 0.733. The number of rotatable bonds is 7. The number of carboxylic acid groups (broad SMARTS) is 2. The first kappa shape index (κ1) is 22.9. The summed E-state index contributed by atoms with van der Waals surface area (Å²) in [6.45, 7) is 0. The van der Waals surface area contributed by atoms with E-state index in [9.17, 15) is 24.6 Å². The predicted molar refractivity (Wildman–Crippen MR) is 61.3 cm³/mol. The van der Waals surface area contributed by atoms with E-state index < -0.39 is 30.3 Å². The van der Waals surface area contributed by atoms with Gasteiger partial charge in [-0.1, -0.05) is 30.3 Å². The molecule has 1 atom stereocenters. The molecule has 0 aliphatic carbocycles. The van der Waals surface area contributed by atoms with Crippen molar-refractivity contribution >= 4 is 17.8 Å². The van der Waals surface area contributed by atoms with Crippen molar-refractivity contribution in [3.05, 3.63) is 35.9 Å². The van der Waals surface area contributed by atoms with Gasteiger partial charge in [-0.15, -0.1) is 0 Å². The van der Waals surface area contributed by atoms with Gasteiger partial charge in [0.05, 0.1) is 18.4 Å². The van der Waals surface area contributed by atoms with E-state index in [0.29, 0.717) is 0 Å². The van der Waals surface area contributed by atoms with Crippen LogP contribution in [0.4, 0.5) is 0 Å². The summed E-state index contributed by atoms with van der Waals surface area (Å²) in [6, 6.07) is 7.45. The summed E-state index contributed by atoms with van der Waals surface area (Å²) in [7, 11) is 0. The van der Waals surface area contributed by atoms with Crippen molar-refractivity contribution in [2.75, 3.05) is 0 Å². The molecule has 1 unspecified atom stereocenters. The summed E-state index contributed by atoms with van der Waals surface area (Å²) < 4.78 is 0. The minimum Gasteiger partial charge on any atom is -0.550 e. The number of carboxylic acids is 2. The first-order valence-electron chi connectivity index (χ1n) is 5.73. The molecule has 0 bridgehead atoms. The standard InChI is InChI=1S/C13H15NO5.2Na/c15-11(8-9-4-2-1-3-5-9)14-10(13(18)19)6-7-12(16)17;;/h1-5,10H,6-8H2,(H,14,15)(H,16,17)(H,18,19);;/q;2*+1/p-2. The van der Waals surface area contributed by atoms with Crippen molar-refractivity contribution in [2.45, 2.75) is 25.3 Å². The Labute approximate surface area is 166 Å². The molecule has 0 aliphatic rings. The van der Waals surface area contributed by atoms with E-state index in [0.717, 1.165) is 5.56 Å². The fraction of sp³-hybridized carbons (Fsp3) is 0.308. The Morgan fingerprint density at radius 3 is 2.10 bits per heavy atom. The van der Waals surface area contributed by atoms with Crippen molar-refractivity contribution in [3.8, 4) is 0 Å². The summed E-state index contributed by atoms with van der Waals surface area (Å²) in [6.07, 6.45) is -0.689. The fourth-order valence-electron chi connectivity index (χ4n) is 1.54. The van der Waals surface area contributed by atoms with Crippen molar-refractivity contribution in [2.24, 2.45) is 0 Å². The van der Waals surface area contributed by atoms with Gasteiger partial charge in [0.1, 0.15) is 0 Å². The molecule has 0 radical (unpaired) electrons. The quantitative estimate of drug-likeness (QED) is 0.503. The molecule has 0 saturated carbocycles. The van der Waals surface area contributed by atoms with Gasteiger partial charge in [0, 0.05) is 5.97 Å². The normalized spacial score (nSPS) is 10.5. The van der Waals surface area contributed by atoms with Crippen LogP contribution in [0.2, 0.25) is 0 Å². The van der Waals surface area contributed by atoms with Crippen LogP contribution in [0, 0.1) is 0 Å². The maximum Gasteiger partial charge on any atom is 1.00 e. The monoisotopic (exact) mass is 309 g/mol. The van der Waals surface area contributed by atoms with E-state index in [1.54, 1.807) is 30.3 Å². The number of carbonyl (C=O) groups is 3. The van der Waals surface area contributed by atoms with Gasteiger partial charge in [-0.2, -0.15) is 0 Å². The summed E-state index contributed by atoms with van der Waals surface area (Å²) in [5, 5.41) is 23.3. The molecule has 0 aromatic heterocycles. The van der Waals surface area contributed by atoms with Crippen LogP contribution in [0.25, 0.3) is 0 Å². The number of nitrogens with one attached hydrogen (secondary N) is 1. The summed E-state index contributed by atoms with van der Waals surface area (Å²) in [5.74, 6) is -3.38. The van der Waals surface area contributed by atoms with Crippen molar-refractivity contribution in [1.82, 2.24) is 5.32 Å². The van der Waals surface area contributed by atoms with E-state index in [-0.39, 0.29) is 72.0 Å². The zero-order valence-corrected chi connectivity index (χ0v) is 16.1. The molecule has 0 spiro atoms. The van der Waals surface area contributed by atoms with E-state index >= 15 is 0 Å². The van der Waals surface area contributed by atoms with Gasteiger partial charge >= 0.3 is 59.1 Å². The van der Waals surface area contributed by atoms with Crippen LogP contribution >= 0.6 is 0 Å². The number of carbonyl (C=O) groups excluding carboxylic acids is 3. The van der Waals surface area contributed by atoms with Gasteiger partial charge in [-0.05, 0) is 18.4 Å². The third-order valence-corrected chi connectivity index (χ3v) is 2.46. The molecule has 102 valence electrons. The van der Waals surface area contributed by atoms with Crippen LogP contribution in [0.15, 0.2) is 30.3 Å². The van der Waals surface area contributed by atoms with Crippen LogP contribution in [-0.4, -0.2) is 23.9 Å². The Morgan fingerprint density at radius 1 is 1.05 bits per heavy atom. The van der Waals surface area contributed by atoms with Crippen LogP contribution in [0.5, 0.6) is 0 Å². The third-order valence-electron chi connectivity index (χ3n) is 2.46. The van der Waals surface area contributed by atoms with E-state index in [1.807, 2.05) is 0 Å². The topological polar surface area (TPSA) is 109 Å². The van der Waals surface area contributed by atoms with Gasteiger partial charge in [0.2, 0.25) is 5.91 Å². The molecule has 1 aromatic carbocycles. The predicted octanol–water partition coefficient (Wildman–Crippen LogP) is -8.00. The van der Waals surface area contributed by atoms with Gasteiger partial charge in [0.25, 0.3) is 0 Å². The minimum atomic E-state index is -1.51. The molecular formula is C13H13NNa2O5. The van der Waals surface area contributed by atoms with Gasteiger partial charge in [-0.25, -0.2) is 0 Å². The molecule has 6 nitrogen and oxygen atoms in total. The number of aliphatic carboxylic acids is 2. The third kappa shape index (κ3) is 10.1. The second-order valence-corrected chi connectivity index (χ2v) is 4.01. The van der Waals surface area contributed by atoms with Crippen LogP contribution in [0.1, 0.15) is 18.4 Å².